The predicted molar refractivity (Wildman–Crippen MR) is 114 cm³/mol. The fraction of sp³-hybridized carbons (Fsp3) is 0. The van der Waals surface area contributed by atoms with E-state index in [9.17, 15) is 0 Å². The number of benzene rings is 4. The first-order valence-electron chi connectivity index (χ1n) is 9.41. The Morgan fingerprint density at radius 3 is 1.57 bits per heavy atom. The highest BCUT2D eigenvalue weighted by Gasteiger charge is 2.14. The van der Waals surface area contributed by atoms with Crippen LogP contribution >= 0.6 is 0 Å². The minimum atomic E-state index is 0.541. The van der Waals surface area contributed by atoms with Crippen molar-refractivity contribution in [2.45, 2.75) is 0 Å². The Kier molecular flexibility index (Phi) is 4.72. The van der Waals surface area contributed by atoms with Crippen molar-refractivity contribution < 1.29 is 8.94 Å². The first kappa shape index (κ1) is 17.8. The highest BCUT2D eigenvalue weighted by Crippen LogP contribution is 2.32. The molecule has 2 heterocycles. The largest absolute Gasteiger partial charge is 0.416 e. The number of hydrogen-bond donors (Lipinski definition) is 0. The second-order valence-electron chi connectivity index (χ2n) is 6.55. The Balaban J connectivity index is 0.000000340. The van der Waals surface area contributed by atoms with E-state index in [0.717, 1.165) is 32.7 Å². The summed E-state index contributed by atoms with van der Waals surface area (Å²) in [7, 11) is 0. The Bertz CT molecular complexity index is 1290. The Morgan fingerprint density at radius 1 is 0.567 bits per heavy atom. The summed E-state index contributed by atoms with van der Waals surface area (Å²) >= 11 is 0. The van der Waals surface area contributed by atoms with Crippen molar-refractivity contribution in [3.8, 4) is 22.9 Å². The van der Waals surface area contributed by atoms with Gasteiger partial charge >= 0.3 is 0 Å². The number of nitrogens with zero attached hydrogens (tertiary/aromatic N) is 4. The Morgan fingerprint density at radius 2 is 1.10 bits per heavy atom. The van der Waals surface area contributed by atoms with Crippen LogP contribution in [0.5, 0.6) is 0 Å². The molecule has 0 amide bonds. The maximum Gasteiger partial charge on any atom is 0.248 e. The van der Waals surface area contributed by atoms with E-state index in [2.05, 4.69) is 61.5 Å². The lowest BCUT2D eigenvalue weighted by molar-refractivity contribution is 0.393. The molecule has 0 radical (unpaired) electrons. The van der Waals surface area contributed by atoms with Gasteiger partial charge in [0.25, 0.3) is 0 Å². The maximum absolute atomic E-state index is 6.05. The lowest BCUT2D eigenvalue weighted by Gasteiger charge is -2.03. The highest BCUT2D eigenvalue weighted by atomic mass is 16.5. The monoisotopic (exact) mass is 392 g/mol. The van der Waals surface area contributed by atoms with Gasteiger partial charge in [0.2, 0.25) is 11.8 Å². The normalized spacial score (nSPS) is 10.7. The average molecular weight is 392 g/mol. The second-order valence-corrected chi connectivity index (χ2v) is 6.55. The quantitative estimate of drug-likeness (QED) is 0.372. The zero-order valence-electron chi connectivity index (χ0n) is 15.8. The van der Waals surface area contributed by atoms with Gasteiger partial charge in [-0.25, -0.2) is 0 Å². The van der Waals surface area contributed by atoms with Gasteiger partial charge in [-0.1, -0.05) is 72.8 Å². The molecule has 6 heteroatoms. The van der Waals surface area contributed by atoms with Crippen LogP contribution in [-0.2, 0) is 0 Å². The van der Waals surface area contributed by atoms with Gasteiger partial charge in [-0.2, -0.15) is 0 Å². The zero-order valence-corrected chi connectivity index (χ0v) is 15.8. The van der Waals surface area contributed by atoms with Crippen LogP contribution in [0.4, 0.5) is 0 Å². The Labute approximate surface area is 171 Å². The molecule has 0 spiro atoms. The maximum atomic E-state index is 6.05. The van der Waals surface area contributed by atoms with Gasteiger partial charge in [-0.05, 0) is 33.7 Å². The van der Waals surface area contributed by atoms with E-state index < -0.39 is 0 Å². The van der Waals surface area contributed by atoms with Crippen LogP contribution in [0, 0.1) is 0 Å². The molecule has 4 aromatic carbocycles. The van der Waals surface area contributed by atoms with E-state index in [-0.39, 0.29) is 0 Å². The third-order valence-corrected chi connectivity index (χ3v) is 4.75. The van der Waals surface area contributed by atoms with Crippen LogP contribution in [0.25, 0.3) is 44.5 Å². The predicted octanol–water partition coefficient (Wildman–Crippen LogP) is 5.78. The molecule has 0 fully saturated rings. The summed E-state index contributed by atoms with van der Waals surface area (Å²) in [4.78, 5) is 0. The molecule has 6 aromatic rings. The van der Waals surface area contributed by atoms with Crippen molar-refractivity contribution in [3.63, 3.8) is 0 Å². The second kappa shape index (κ2) is 7.97. The molecule has 30 heavy (non-hydrogen) atoms. The van der Waals surface area contributed by atoms with Gasteiger partial charge in [-0.15, -0.1) is 15.3 Å². The zero-order chi connectivity index (χ0) is 20.2. The van der Waals surface area contributed by atoms with Crippen LogP contribution in [-0.4, -0.2) is 20.6 Å². The number of fused-ring (bicyclic) bond motifs is 2. The van der Waals surface area contributed by atoms with Crippen molar-refractivity contribution in [2.24, 2.45) is 0 Å². The van der Waals surface area contributed by atoms with Gasteiger partial charge in [-0.3, -0.25) is 0 Å². The van der Waals surface area contributed by atoms with Gasteiger partial charge in [0.1, 0.15) is 6.26 Å². The van der Waals surface area contributed by atoms with E-state index in [1.54, 1.807) is 0 Å². The fourth-order valence-corrected chi connectivity index (χ4v) is 3.40. The molecule has 0 saturated heterocycles. The van der Waals surface area contributed by atoms with E-state index in [1.165, 1.54) is 12.5 Å². The van der Waals surface area contributed by atoms with Crippen molar-refractivity contribution in [1.29, 1.82) is 0 Å². The molecular weight excluding hydrogens is 376 g/mol. The van der Waals surface area contributed by atoms with Crippen LogP contribution in [0.15, 0.2) is 106 Å². The summed E-state index contributed by atoms with van der Waals surface area (Å²) in [6, 6.07) is 28.6. The molecule has 0 unspecified atom stereocenters. The van der Waals surface area contributed by atoms with Crippen LogP contribution < -0.4 is 0 Å². The van der Waals surface area contributed by atoms with Crippen molar-refractivity contribution in [1.82, 2.24) is 20.6 Å². The van der Waals surface area contributed by atoms with Crippen LogP contribution in [0.3, 0.4) is 0 Å². The van der Waals surface area contributed by atoms with Crippen molar-refractivity contribution >= 4 is 21.5 Å². The first-order chi connectivity index (χ1) is 14.9. The molecule has 0 atom stereocenters. The summed E-state index contributed by atoms with van der Waals surface area (Å²) in [5, 5.41) is 19.5. The number of aromatic nitrogens is 4. The third-order valence-electron chi connectivity index (χ3n) is 4.75. The SMILES string of the molecule is c1ccc2c(-c3nnc(-c4cccc5ccccc45)o3)cccc2c1.c1conn1. The topological polar surface area (TPSA) is 77.8 Å². The molecule has 0 aliphatic rings. The van der Waals surface area contributed by atoms with Gasteiger partial charge in [0.05, 0.1) is 6.20 Å². The average Bonchev–Trinajstić information content (AvgIpc) is 3.54. The lowest BCUT2D eigenvalue weighted by atomic mass is 10.0. The molecule has 0 aliphatic heterocycles. The highest BCUT2D eigenvalue weighted by molar-refractivity contribution is 5.96. The molecule has 144 valence electrons. The Hall–Kier alpha value is -4.32. The summed E-state index contributed by atoms with van der Waals surface area (Å²) in [6.07, 6.45) is 2.88. The molecular formula is C24H16N4O2. The summed E-state index contributed by atoms with van der Waals surface area (Å²) in [5.74, 6) is 1.08. The number of rotatable bonds is 2. The van der Waals surface area contributed by atoms with Crippen molar-refractivity contribution in [2.75, 3.05) is 0 Å². The summed E-state index contributed by atoms with van der Waals surface area (Å²) in [5.41, 5.74) is 1.91. The number of hydrogen-bond acceptors (Lipinski definition) is 6. The van der Waals surface area contributed by atoms with E-state index in [0.29, 0.717) is 11.8 Å². The summed E-state index contributed by atoms with van der Waals surface area (Å²) in [6.45, 7) is 0. The molecule has 0 bridgehead atoms. The smallest absolute Gasteiger partial charge is 0.248 e. The fourth-order valence-electron chi connectivity index (χ4n) is 3.40. The van der Waals surface area contributed by atoms with Crippen LogP contribution in [0.1, 0.15) is 0 Å². The molecule has 0 N–H and O–H groups in total. The third kappa shape index (κ3) is 3.42. The van der Waals surface area contributed by atoms with E-state index >= 15 is 0 Å². The molecule has 6 rings (SSSR count). The summed E-state index contributed by atoms with van der Waals surface area (Å²) < 4.78 is 10.3. The molecule has 0 aliphatic carbocycles. The molecule has 2 aromatic heterocycles. The van der Waals surface area contributed by atoms with Gasteiger partial charge in [0.15, 0.2) is 0 Å². The molecule has 0 saturated carbocycles. The van der Waals surface area contributed by atoms with Crippen LogP contribution in [0.2, 0.25) is 0 Å². The minimum Gasteiger partial charge on any atom is -0.416 e. The van der Waals surface area contributed by atoms with Crippen molar-refractivity contribution in [3.05, 3.63) is 97.4 Å². The lowest BCUT2D eigenvalue weighted by Crippen LogP contribution is -1.81. The van der Waals surface area contributed by atoms with Gasteiger partial charge < -0.3 is 8.94 Å². The first-order valence-corrected chi connectivity index (χ1v) is 9.41. The van der Waals surface area contributed by atoms with E-state index in [4.69, 9.17) is 4.42 Å². The molecule has 6 nitrogen and oxygen atoms in total. The van der Waals surface area contributed by atoms with Gasteiger partial charge in [0, 0.05) is 16.4 Å². The van der Waals surface area contributed by atoms with E-state index in [1.807, 2.05) is 48.5 Å². The minimum absolute atomic E-state index is 0.541. The standard InChI is InChI=1S/C22H14N2O.C2H2N2O/c1-3-11-17-15(7-1)9-5-13-19(17)21-23-24-22(25-21)20-14-6-10-16-8-2-4-12-18(16)20;1-2-5-4-3-1/h1-14H;1-2H.